The number of thiazole rings is 1. The summed E-state index contributed by atoms with van der Waals surface area (Å²) in [4.78, 5) is 20.4. The van der Waals surface area contributed by atoms with Gasteiger partial charge in [-0.25, -0.2) is 4.98 Å². The molecule has 0 aromatic carbocycles. The fourth-order valence-electron chi connectivity index (χ4n) is 2.02. The molecule has 3 rings (SSSR count). The minimum Gasteiger partial charge on any atom is -0.345 e. The molecular formula is C11H13N5OS. The third-order valence-corrected chi connectivity index (χ3v) is 3.82. The number of aromatic amines is 1. The number of hydrogen-bond donors (Lipinski definition) is 1. The molecule has 1 N–H and O–H groups in total. The number of nitrogens with zero attached hydrogens (tertiary/aromatic N) is 4. The Bertz CT molecular complexity index is 502. The van der Waals surface area contributed by atoms with Gasteiger partial charge in [-0.2, -0.15) is 5.10 Å². The Morgan fingerprint density at radius 3 is 2.72 bits per heavy atom. The van der Waals surface area contributed by atoms with E-state index >= 15 is 0 Å². The highest BCUT2D eigenvalue weighted by Crippen LogP contribution is 2.19. The van der Waals surface area contributed by atoms with Gasteiger partial charge in [0.25, 0.3) is 5.91 Å². The van der Waals surface area contributed by atoms with Crippen LogP contribution in [-0.4, -0.2) is 52.2 Å². The van der Waals surface area contributed by atoms with Crippen LogP contribution in [0.25, 0.3) is 0 Å². The van der Waals surface area contributed by atoms with Gasteiger partial charge in [-0.1, -0.05) is 0 Å². The molecule has 0 spiro atoms. The zero-order chi connectivity index (χ0) is 12.4. The Kier molecular flexibility index (Phi) is 2.97. The molecule has 0 bridgehead atoms. The minimum absolute atomic E-state index is 0.0197. The largest absolute Gasteiger partial charge is 0.345 e. The highest BCUT2D eigenvalue weighted by atomic mass is 32.1. The molecule has 2 aromatic heterocycles. The van der Waals surface area contributed by atoms with E-state index in [-0.39, 0.29) is 5.91 Å². The molecule has 94 valence electrons. The van der Waals surface area contributed by atoms with E-state index in [2.05, 4.69) is 20.1 Å². The summed E-state index contributed by atoms with van der Waals surface area (Å²) in [6.45, 7) is 3.09. The van der Waals surface area contributed by atoms with Gasteiger partial charge in [-0.15, -0.1) is 11.3 Å². The van der Waals surface area contributed by atoms with Crippen molar-refractivity contribution in [2.75, 3.05) is 31.1 Å². The molecule has 0 aliphatic carbocycles. The Morgan fingerprint density at radius 2 is 2.11 bits per heavy atom. The molecule has 0 radical (unpaired) electrons. The highest BCUT2D eigenvalue weighted by molar-refractivity contribution is 7.13. The number of rotatable bonds is 2. The van der Waals surface area contributed by atoms with Crippen LogP contribution in [-0.2, 0) is 0 Å². The fourth-order valence-corrected chi connectivity index (χ4v) is 2.72. The molecule has 1 amide bonds. The van der Waals surface area contributed by atoms with Gasteiger partial charge in [0.05, 0.1) is 0 Å². The van der Waals surface area contributed by atoms with Gasteiger partial charge in [0.2, 0.25) is 0 Å². The number of aromatic nitrogens is 3. The van der Waals surface area contributed by atoms with Crippen LogP contribution in [0.1, 0.15) is 10.5 Å². The zero-order valence-corrected chi connectivity index (χ0v) is 10.6. The molecule has 0 atom stereocenters. The van der Waals surface area contributed by atoms with Gasteiger partial charge in [-0.3, -0.25) is 9.89 Å². The van der Waals surface area contributed by atoms with Crippen molar-refractivity contribution in [2.45, 2.75) is 0 Å². The highest BCUT2D eigenvalue weighted by Gasteiger charge is 2.23. The molecule has 0 saturated carbocycles. The third kappa shape index (κ3) is 2.08. The molecule has 3 heterocycles. The quantitative estimate of drug-likeness (QED) is 0.871. The van der Waals surface area contributed by atoms with Crippen LogP contribution in [0, 0.1) is 0 Å². The van der Waals surface area contributed by atoms with E-state index in [1.807, 2.05) is 16.5 Å². The van der Waals surface area contributed by atoms with Crippen molar-refractivity contribution in [2.24, 2.45) is 0 Å². The van der Waals surface area contributed by atoms with E-state index in [0.717, 1.165) is 31.3 Å². The molecule has 1 aliphatic heterocycles. The van der Waals surface area contributed by atoms with Crippen molar-refractivity contribution in [1.82, 2.24) is 20.1 Å². The fraction of sp³-hybridized carbons (Fsp3) is 0.364. The molecule has 0 unspecified atom stereocenters. The van der Waals surface area contributed by atoms with Crippen molar-refractivity contribution >= 4 is 22.4 Å². The zero-order valence-electron chi connectivity index (χ0n) is 9.74. The van der Waals surface area contributed by atoms with Crippen LogP contribution in [0.5, 0.6) is 0 Å². The number of piperazine rings is 1. The lowest BCUT2D eigenvalue weighted by atomic mass is 10.3. The summed E-state index contributed by atoms with van der Waals surface area (Å²) in [6.07, 6.45) is 3.40. The van der Waals surface area contributed by atoms with E-state index in [4.69, 9.17) is 0 Å². The second-order valence-electron chi connectivity index (χ2n) is 4.06. The van der Waals surface area contributed by atoms with Crippen molar-refractivity contribution < 1.29 is 4.79 Å². The molecular weight excluding hydrogens is 250 g/mol. The smallest absolute Gasteiger partial charge is 0.271 e. The number of H-pyrrole nitrogens is 1. The first-order valence-electron chi connectivity index (χ1n) is 5.78. The minimum atomic E-state index is 0.0197. The van der Waals surface area contributed by atoms with E-state index < -0.39 is 0 Å². The second-order valence-corrected chi connectivity index (χ2v) is 4.94. The topological polar surface area (TPSA) is 65.1 Å². The average Bonchev–Trinajstić information content (AvgIpc) is 3.11. The van der Waals surface area contributed by atoms with E-state index in [1.54, 1.807) is 23.6 Å². The molecule has 1 aliphatic rings. The van der Waals surface area contributed by atoms with Gasteiger partial charge >= 0.3 is 0 Å². The number of hydrogen-bond acceptors (Lipinski definition) is 5. The Hall–Kier alpha value is -1.89. The Labute approximate surface area is 108 Å². The lowest BCUT2D eigenvalue weighted by Gasteiger charge is -2.34. The van der Waals surface area contributed by atoms with E-state index in [9.17, 15) is 4.79 Å². The average molecular weight is 263 g/mol. The van der Waals surface area contributed by atoms with Gasteiger partial charge in [0, 0.05) is 44.0 Å². The van der Waals surface area contributed by atoms with Gasteiger partial charge < -0.3 is 9.80 Å². The molecule has 18 heavy (non-hydrogen) atoms. The van der Waals surface area contributed by atoms with Crippen LogP contribution in [0.3, 0.4) is 0 Å². The van der Waals surface area contributed by atoms with Crippen LogP contribution >= 0.6 is 11.3 Å². The lowest BCUT2D eigenvalue weighted by molar-refractivity contribution is 0.0741. The Morgan fingerprint density at radius 1 is 1.28 bits per heavy atom. The van der Waals surface area contributed by atoms with Crippen molar-refractivity contribution in [3.05, 3.63) is 29.5 Å². The molecule has 6 nitrogen and oxygen atoms in total. The normalized spacial score (nSPS) is 16.0. The van der Waals surface area contributed by atoms with Crippen LogP contribution in [0.2, 0.25) is 0 Å². The third-order valence-electron chi connectivity index (χ3n) is 2.99. The summed E-state index contributed by atoms with van der Waals surface area (Å²) < 4.78 is 0. The molecule has 1 fully saturated rings. The number of nitrogens with one attached hydrogen (secondary N) is 1. The predicted octanol–water partition coefficient (Wildman–Crippen LogP) is 0.829. The van der Waals surface area contributed by atoms with Crippen molar-refractivity contribution in [1.29, 1.82) is 0 Å². The lowest BCUT2D eigenvalue weighted by Crippen LogP contribution is -2.48. The maximum absolute atomic E-state index is 12.1. The maximum Gasteiger partial charge on any atom is 0.271 e. The summed E-state index contributed by atoms with van der Waals surface area (Å²) >= 11 is 1.63. The summed E-state index contributed by atoms with van der Waals surface area (Å²) in [7, 11) is 0. The SMILES string of the molecule is O=C(c1ccn[nH]1)N1CCN(c2nccs2)CC1. The number of anilines is 1. The number of carbonyl (C=O) groups is 1. The first-order valence-corrected chi connectivity index (χ1v) is 6.65. The summed E-state index contributed by atoms with van der Waals surface area (Å²) in [5.41, 5.74) is 0.553. The summed E-state index contributed by atoms with van der Waals surface area (Å²) in [5, 5.41) is 9.51. The number of carbonyl (C=O) groups excluding carboxylic acids is 1. The second kappa shape index (κ2) is 4.77. The Balaban J connectivity index is 1.62. The molecule has 2 aromatic rings. The number of amides is 1. The summed E-state index contributed by atoms with van der Waals surface area (Å²) in [5.74, 6) is 0.0197. The van der Waals surface area contributed by atoms with Gasteiger partial charge in [0.15, 0.2) is 5.13 Å². The maximum atomic E-state index is 12.1. The monoisotopic (exact) mass is 263 g/mol. The van der Waals surface area contributed by atoms with Gasteiger partial charge in [0.1, 0.15) is 5.69 Å². The predicted molar refractivity (Wildman–Crippen MR) is 68.8 cm³/mol. The van der Waals surface area contributed by atoms with Crippen LogP contribution < -0.4 is 4.90 Å². The standard InChI is InChI=1S/C11H13N5OS/c17-10(9-1-2-13-14-9)15-4-6-16(7-5-15)11-12-3-8-18-11/h1-3,8H,4-7H2,(H,13,14). The van der Waals surface area contributed by atoms with Crippen molar-refractivity contribution in [3.63, 3.8) is 0 Å². The van der Waals surface area contributed by atoms with E-state index in [0.29, 0.717) is 5.69 Å². The van der Waals surface area contributed by atoms with Gasteiger partial charge in [-0.05, 0) is 6.07 Å². The molecule has 1 saturated heterocycles. The van der Waals surface area contributed by atoms with Crippen molar-refractivity contribution in [3.8, 4) is 0 Å². The van der Waals surface area contributed by atoms with Crippen LogP contribution in [0.15, 0.2) is 23.8 Å². The first kappa shape index (κ1) is 11.2. The molecule has 7 heteroatoms. The van der Waals surface area contributed by atoms with E-state index in [1.165, 1.54) is 0 Å². The first-order chi connectivity index (χ1) is 8.84. The summed E-state index contributed by atoms with van der Waals surface area (Å²) in [6, 6.07) is 1.70. The van der Waals surface area contributed by atoms with Crippen LogP contribution in [0.4, 0.5) is 5.13 Å².